The summed E-state index contributed by atoms with van der Waals surface area (Å²) in [4.78, 5) is 3.79. The first-order valence-corrected chi connectivity index (χ1v) is 7.18. The molecule has 17 heavy (non-hydrogen) atoms. The van der Waals surface area contributed by atoms with Crippen LogP contribution in [-0.4, -0.2) is 37.7 Å². The molecule has 0 amide bonds. The van der Waals surface area contributed by atoms with Crippen molar-refractivity contribution >= 4 is 11.3 Å². The van der Waals surface area contributed by atoms with E-state index in [1.165, 1.54) is 10.4 Å². The number of thiophene rings is 1. The summed E-state index contributed by atoms with van der Waals surface area (Å²) in [6, 6.07) is 2.50. The first kappa shape index (κ1) is 14.6. The second-order valence-corrected chi connectivity index (χ2v) is 4.99. The number of ether oxygens (including phenoxy) is 1. The van der Waals surface area contributed by atoms with Gasteiger partial charge in [-0.2, -0.15) is 0 Å². The lowest BCUT2D eigenvalue weighted by atomic mass is 10.1. The molecule has 2 N–H and O–H groups in total. The second-order valence-electron chi connectivity index (χ2n) is 4.04. The first-order valence-electron chi connectivity index (χ1n) is 6.30. The van der Waals surface area contributed by atoms with Crippen LogP contribution in [-0.2, 0) is 4.74 Å². The van der Waals surface area contributed by atoms with E-state index in [4.69, 9.17) is 10.5 Å². The predicted octanol–water partition coefficient (Wildman–Crippen LogP) is 2.41. The molecule has 0 bridgehead atoms. The minimum atomic E-state index is 0.334. The fourth-order valence-corrected chi connectivity index (χ4v) is 3.08. The molecule has 0 aliphatic rings. The molecule has 3 nitrogen and oxygen atoms in total. The fourth-order valence-electron chi connectivity index (χ4n) is 2.01. The summed E-state index contributed by atoms with van der Waals surface area (Å²) in [5.41, 5.74) is 7.29. The molecule has 0 fully saturated rings. The lowest BCUT2D eigenvalue weighted by Crippen LogP contribution is -2.36. The number of nitrogens with zero attached hydrogens (tertiary/aromatic N) is 1. The van der Waals surface area contributed by atoms with Gasteiger partial charge < -0.3 is 10.5 Å². The highest BCUT2D eigenvalue weighted by Gasteiger charge is 2.20. The van der Waals surface area contributed by atoms with Crippen LogP contribution in [0.2, 0.25) is 0 Å². The van der Waals surface area contributed by atoms with Gasteiger partial charge in [-0.15, -0.1) is 11.3 Å². The third-order valence-electron chi connectivity index (χ3n) is 3.00. The van der Waals surface area contributed by atoms with Crippen LogP contribution in [0, 0.1) is 6.92 Å². The molecule has 98 valence electrons. The van der Waals surface area contributed by atoms with Crippen molar-refractivity contribution in [3.8, 4) is 0 Å². The summed E-state index contributed by atoms with van der Waals surface area (Å²) in [5, 5.41) is 2.14. The third kappa shape index (κ3) is 4.07. The van der Waals surface area contributed by atoms with Crippen molar-refractivity contribution in [2.45, 2.75) is 26.8 Å². The predicted molar refractivity (Wildman–Crippen MR) is 74.6 cm³/mol. The monoisotopic (exact) mass is 256 g/mol. The zero-order valence-corrected chi connectivity index (χ0v) is 11.9. The third-order valence-corrected chi connectivity index (χ3v) is 4.12. The van der Waals surface area contributed by atoms with Crippen LogP contribution >= 0.6 is 11.3 Å². The fraction of sp³-hybridized carbons (Fsp3) is 0.692. The second kappa shape index (κ2) is 7.82. The topological polar surface area (TPSA) is 38.5 Å². The highest BCUT2D eigenvalue weighted by atomic mass is 32.1. The van der Waals surface area contributed by atoms with Crippen LogP contribution in [0.3, 0.4) is 0 Å². The standard InChI is InChI=1S/C13H24N2OS/c1-4-15(7-8-16-5-2)12(10-14)13-11(3)6-9-17-13/h6,9,12H,4-5,7-8,10,14H2,1-3H3. The molecule has 0 aliphatic carbocycles. The van der Waals surface area contributed by atoms with Gasteiger partial charge in [-0.25, -0.2) is 0 Å². The van der Waals surface area contributed by atoms with Gasteiger partial charge in [-0.05, 0) is 37.4 Å². The quantitative estimate of drug-likeness (QED) is 0.726. The van der Waals surface area contributed by atoms with Crippen molar-refractivity contribution in [3.05, 3.63) is 21.9 Å². The van der Waals surface area contributed by atoms with E-state index in [0.717, 1.165) is 26.3 Å². The number of hydrogen-bond acceptors (Lipinski definition) is 4. The molecule has 0 aromatic carbocycles. The largest absolute Gasteiger partial charge is 0.380 e. The Balaban J connectivity index is 2.66. The Labute approximate surface area is 109 Å². The Bertz CT molecular complexity index is 314. The van der Waals surface area contributed by atoms with Gasteiger partial charge in [0, 0.05) is 24.6 Å². The van der Waals surface area contributed by atoms with Crippen LogP contribution in [0.15, 0.2) is 11.4 Å². The Morgan fingerprint density at radius 3 is 2.71 bits per heavy atom. The summed E-state index contributed by atoms with van der Waals surface area (Å²) in [5.74, 6) is 0. The molecule has 4 heteroatoms. The SMILES string of the molecule is CCOCCN(CC)C(CN)c1sccc1C. The average molecular weight is 256 g/mol. The molecule has 1 aromatic rings. The van der Waals surface area contributed by atoms with Crippen molar-refractivity contribution in [1.82, 2.24) is 4.90 Å². The normalized spacial score (nSPS) is 13.2. The zero-order valence-electron chi connectivity index (χ0n) is 11.1. The Morgan fingerprint density at radius 2 is 2.24 bits per heavy atom. The van der Waals surface area contributed by atoms with Crippen molar-refractivity contribution in [1.29, 1.82) is 0 Å². The summed E-state index contributed by atoms with van der Waals surface area (Å²) in [7, 11) is 0. The van der Waals surface area contributed by atoms with Crippen LogP contribution < -0.4 is 5.73 Å². The highest BCUT2D eigenvalue weighted by molar-refractivity contribution is 7.10. The van der Waals surface area contributed by atoms with Gasteiger partial charge in [0.2, 0.25) is 0 Å². The highest BCUT2D eigenvalue weighted by Crippen LogP contribution is 2.27. The van der Waals surface area contributed by atoms with Crippen molar-refractivity contribution in [2.75, 3.05) is 32.8 Å². The number of rotatable bonds is 8. The lowest BCUT2D eigenvalue weighted by molar-refractivity contribution is 0.0987. The molecule has 1 aromatic heterocycles. The molecule has 1 rings (SSSR count). The minimum absolute atomic E-state index is 0.334. The summed E-state index contributed by atoms with van der Waals surface area (Å²) >= 11 is 1.80. The zero-order chi connectivity index (χ0) is 12.7. The molecule has 0 aliphatic heterocycles. The van der Waals surface area contributed by atoms with Gasteiger partial charge in [0.05, 0.1) is 12.6 Å². The summed E-state index contributed by atoms with van der Waals surface area (Å²) in [6.45, 7) is 10.5. The van der Waals surface area contributed by atoms with Gasteiger partial charge in [0.15, 0.2) is 0 Å². The van der Waals surface area contributed by atoms with E-state index >= 15 is 0 Å². The Kier molecular flexibility index (Phi) is 6.73. The van der Waals surface area contributed by atoms with E-state index in [-0.39, 0.29) is 0 Å². The number of likely N-dealkylation sites (N-methyl/N-ethyl adjacent to an activating group) is 1. The van der Waals surface area contributed by atoms with E-state index < -0.39 is 0 Å². The smallest absolute Gasteiger partial charge is 0.0593 e. The van der Waals surface area contributed by atoms with Crippen LogP contribution in [0.5, 0.6) is 0 Å². The summed E-state index contributed by atoms with van der Waals surface area (Å²) in [6.07, 6.45) is 0. The van der Waals surface area contributed by atoms with E-state index in [9.17, 15) is 0 Å². The van der Waals surface area contributed by atoms with E-state index in [0.29, 0.717) is 12.6 Å². The number of nitrogens with two attached hydrogens (primary N) is 1. The minimum Gasteiger partial charge on any atom is -0.380 e. The number of aryl methyl sites for hydroxylation is 1. The maximum Gasteiger partial charge on any atom is 0.0593 e. The Hall–Kier alpha value is -0.420. The number of hydrogen-bond donors (Lipinski definition) is 1. The molecule has 1 unspecified atom stereocenters. The van der Waals surface area contributed by atoms with Crippen molar-refractivity contribution in [2.24, 2.45) is 5.73 Å². The molecule has 1 atom stereocenters. The van der Waals surface area contributed by atoms with Crippen LogP contribution in [0.1, 0.15) is 30.3 Å². The van der Waals surface area contributed by atoms with Gasteiger partial charge in [0.25, 0.3) is 0 Å². The molecule has 0 spiro atoms. The van der Waals surface area contributed by atoms with Crippen LogP contribution in [0.4, 0.5) is 0 Å². The van der Waals surface area contributed by atoms with E-state index in [1.807, 2.05) is 6.92 Å². The molecule has 0 saturated carbocycles. The molecule has 0 saturated heterocycles. The average Bonchev–Trinajstić information content (AvgIpc) is 2.75. The van der Waals surface area contributed by atoms with Crippen molar-refractivity contribution < 1.29 is 4.74 Å². The molecule has 0 radical (unpaired) electrons. The van der Waals surface area contributed by atoms with Gasteiger partial charge in [-0.1, -0.05) is 6.92 Å². The van der Waals surface area contributed by atoms with Crippen LogP contribution in [0.25, 0.3) is 0 Å². The molecule has 1 heterocycles. The van der Waals surface area contributed by atoms with Gasteiger partial charge >= 0.3 is 0 Å². The maximum absolute atomic E-state index is 5.94. The first-order chi connectivity index (χ1) is 8.24. The Morgan fingerprint density at radius 1 is 1.47 bits per heavy atom. The summed E-state index contributed by atoms with van der Waals surface area (Å²) < 4.78 is 5.43. The van der Waals surface area contributed by atoms with Gasteiger partial charge in [-0.3, -0.25) is 4.90 Å². The van der Waals surface area contributed by atoms with Crippen molar-refractivity contribution in [3.63, 3.8) is 0 Å². The van der Waals surface area contributed by atoms with Gasteiger partial charge in [0.1, 0.15) is 0 Å². The lowest BCUT2D eigenvalue weighted by Gasteiger charge is -2.29. The van der Waals surface area contributed by atoms with E-state index in [1.54, 1.807) is 11.3 Å². The molecular formula is C13H24N2OS. The van der Waals surface area contributed by atoms with E-state index in [2.05, 4.69) is 30.2 Å². The maximum atomic E-state index is 5.94. The molecular weight excluding hydrogens is 232 g/mol.